The van der Waals surface area contributed by atoms with E-state index in [1.807, 2.05) is 17.5 Å². The van der Waals surface area contributed by atoms with Crippen molar-refractivity contribution in [3.05, 3.63) is 34.8 Å². The number of nitrogens with zero attached hydrogens (tertiary/aromatic N) is 3. The second-order valence-electron chi connectivity index (χ2n) is 5.47. The molecule has 1 amide bonds. The van der Waals surface area contributed by atoms with Gasteiger partial charge in [0.05, 0.1) is 27.2 Å². The first kappa shape index (κ1) is 16.1. The number of thiophene rings is 1. The highest BCUT2D eigenvalue weighted by atomic mass is 32.1. The summed E-state index contributed by atoms with van der Waals surface area (Å²) < 4.78 is 1.62. The first-order chi connectivity index (χ1) is 11.4. The van der Waals surface area contributed by atoms with Gasteiger partial charge in [-0.15, -0.1) is 11.3 Å². The summed E-state index contributed by atoms with van der Waals surface area (Å²) >= 11 is 1.52. The predicted molar refractivity (Wildman–Crippen MR) is 91.1 cm³/mol. The molecule has 0 saturated carbocycles. The smallest absolute Gasteiger partial charge is 0.325 e. The fourth-order valence-corrected chi connectivity index (χ4v) is 3.20. The molecular formula is C16H16N4O3S. The van der Waals surface area contributed by atoms with Gasteiger partial charge in [0, 0.05) is 7.05 Å². The lowest BCUT2D eigenvalue weighted by Crippen LogP contribution is -2.38. The van der Waals surface area contributed by atoms with E-state index in [0.717, 1.165) is 4.88 Å². The molecule has 0 aliphatic rings. The lowest BCUT2D eigenvalue weighted by Gasteiger charge is -2.11. The molecule has 7 nitrogen and oxygen atoms in total. The fourth-order valence-electron chi connectivity index (χ4n) is 2.51. The topological polar surface area (TPSA) is 97.1 Å². The number of aromatic nitrogens is 3. The van der Waals surface area contributed by atoms with E-state index in [2.05, 4.69) is 15.4 Å². The average molecular weight is 344 g/mol. The van der Waals surface area contributed by atoms with E-state index < -0.39 is 17.9 Å². The third-order valence-corrected chi connectivity index (χ3v) is 4.60. The maximum absolute atomic E-state index is 12.6. The number of nitrogens with one attached hydrogen (secondary N) is 1. The number of aliphatic carboxylic acids is 1. The summed E-state index contributed by atoms with van der Waals surface area (Å²) in [5.74, 6) is -1.54. The first-order valence-electron chi connectivity index (χ1n) is 7.30. The van der Waals surface area contributed by atoms with Crippen molar-refractivity contribution < 1.29 is 14.7 Å². The van der Waals surface area contributed by atoms with Crippen LogP contribution in [0, 0.1) is 6.92 Å². The molecule has 0 aliphatic heterocycles. The Bertz CT molecular complexity index is 931. The Labute approximate surface area is 141 Å². The lowest BCUT2D eigenvalue weighted by atomic mass is 10.1. The molecule has 8 heteroatoms. The molecule has 1 atom stereocenters. The quantitative estimate of drug-likeness (QED) is 0.756. The molecule has 124 valence electrons. The Morgan fingerprint density at radius 2 is 2.17 bits per heavy atom. The molecule has 0 aromatic carbocycles. The van der Waals surface area contributed by atoms with E-state index in [1.54, 1.807) is 24.7 Å². The Balaban J connectivity index is 2.17. The zero-order valence-corrected chi connectivity index (χ0v) is 14.2. The van der Waals surface area contributed by atoms with Gasteiger partial charge < -0.3 is 10.4 Å². The number of carbonyl (C=O) groups is 2. The van der Waals surface area contributed by atoms with Gasteiger partial charge in [-0.1, -0.05) is 6.07 Å². The SMILES string of the molecule is Cc1nn(C)c2nc(-c3cccs3)cc(C(=O)NC(C)C(=O)O)c12. The van der Waals surface area contributed by atoms with Crippen molar-refractivity contribution >= 4 is 34.2 Å². The van der Waals surface area contributed by atoms with Crippen LogP contribution in [0.4, 0.5) is 0 Å². The molecule has 0 fully saturated rings. The maximum Gasteiger partial charge on any atom is 0.325 e. The second-order valence-corrected chi connectivity index (χ2v) is 6.42. The standard InChI is InChI=1S/C16H16N4O3S/c1-8-13-10(15(21)17-9(2)16(22)23)7-11(12-5-4-6-24-12)18-14(13)20(3)19-8/h4-7,9H,1-3H3,(H,17,21)(H,22,23). The second kappa shape index (κ2) is 6.04. The largest absolute Gasteiger partial charge is 0.480 e. The number of hydrogen-bond acceptors (Lipinski definition) is 5. The third-order valence-electron chi connectivity index (χ3n) is 3.70. The lowest BCUT2D eigenvalue weighted by molar-refractivity contribution is -0.138. The van der Waals surface area contributed by atoms with Crippen molar-refractivity contribution in [3.63, 3.8) is 0 Å². The third kappa shape index (κ3) is 2.76. The van der Waals surface area contributed by atoms with Crippen LogP contribution in [0.25, 0.3) is 21.6 Å². The molecule has 0 bridgehead atoms. The maximum atomic E-state index is 12.6. The first-order valence-corrected chi connectivity index (χ1v) is 8.18. The molecular weight excluding hydrogens is 328 g/mol. The van der Waals surface area contributed by atoms with Crippen molar-refractivity contribution in [1.82, 2.24) is 20.1 Å². The summed E-state index contributed by atoms with van der Waals surface area (Å²) in [4.78, 5) is 29.2. The van der Waals surface area contributed by atoms with Crippen LogP contribution in [-0.4, -0.2) is 37.8 Å². The van der Waals surface area contributed by atoms with Gasteiger partial charge in [-0.05, 0) is 31.4 Å². The molecule has 24 heavy (non-hydrogen) atoms. The minimum atomic E-state index is -1.09. The predicted octanol–water partition coefficient (Wildman–Crippen LogP) is 2.21. The Kier molecular flexibility index (Phi) is 4.06. The molecule has 1 unspecified atom stereocenters. The monoisotopic (exact) mass is 344 g/mol. The molecule has 3 aromatic rings. The number of pyridine rings is 1. The van der Waals surface area contributed by atoms with E-state index in [1.165, 1.54) is 18.3 Å². The van der Waals surface area contributed by atoms with E-state index in [4.69, 9.17) is 5.11 Å². The summed E-state index contributed by atoms with van der Waals surface area (Å²) in [5, 5.41) is 18.4. The number of carboxylic acid groups (broad SMARTS) is 1. The van der Waals surface area contributed by atoms with Crippen molar-refractivity contribution in [2.75, 3.05) is 0 Å². The highest BCUT2D eigenvalue weighted by Gasteiger charge is 2.22. The summed E-state index contributed by atoms with van der Waals surface area (Å²) in [6.45, 7) is 3.22. The highest BCUT2D eigenvalue weighted by Crippen LogP contribution is 2.29. The van der Waals surface area contributed by atoms with Crippen LogP contribution >= 0.6 is 11.3 Å². The van der Waals surface area contributed by atoms with Crippen LogP contribution in [0.5, 0.6) is 0 Å². The minimum absolute atomic E-state index is 0.377. The van der Waals surface area contributed by atoms with Gasteiger partial charge in [-0.3, -0.25) is 14.3 Å². The van der Waals surface area contributed by atoms with Crippen LogP contribution in [0.2, 0.25) is 0 Å². The van der Waals surface area contributed by atoms with Crippen LogP contribution in [0.3, 0.4) is 0 Å². The number of amides is 1. The molecule has 0 radical (unpaired) electrons. The fraction of sp³-hybridized carbons (Fsp3) is 0.250. The van der Waals surface area contributed by atoms with Gasteiger partial charge in [0.15, 0.2) is 5.65 Å². The van der Waals surface area contributed by atoms with Crippen LogP contribution in [-0.2, 0) is 11.8 Å². The Morgan fingerprint density at radius 3 is 2.79 bits per heavy atom. The number of hydrogen-bond donors (Lipinski definition) is 2. The van der Waals surface area contributed by atoms with Crippen molar-refractivity contribution in [3.8, 4) is 10.6 Å². The van der Waals surface area contributed by atoms with Crippen molar-refractivity contribution in [1.29, 1.82) is 0 Å². The number of fused-ring (bicyclic) bond motifs is 1. The molecule has 0 spiro atoms. The number of carboxylic acids is 1. The van der Waals surface area contributed by atoms with Gasteiger partial charge in [-0.25, -0.2) is 4.98 Å². The number of carbonyl (C=O) groups excluding carboxylic acids is 1. The summed E-state index contributed by atoms with van der Waals surface area (Å²) in [7, 11) is 1.77. The summed E-state index contributed by atoms with van der Waals surface area (Å²) in [6.07, 6.45) is 0. The van der Waals surface area contributed by atoms with Crippen molar-refractivity contribution in [2.45, 2.75) is 19.9 Å². The Hall–Kier alpha value is -2.74. The number of aryl methyl sites for hydroxylation is 2. The molecule has 3 heterocycles. The molecule has 2 N–H and O–H groups in total. The normalized spacial score (nSPS) is 12.3. The highest BCUT2D eigenvalue weighted by molar-refractivity contribution is 7.13. The number of rotatable bonds is 4. The average Bonchev–Trinajstić information content (AvgIpc) is 3.15. The zero-order valence-electron chi connectivity index (χ0n) is 13.4. The molecule has 3 aromatic heterocycles. The Morgan fingerprint density at radius 1 is 1.42 bits per heavy atom. The van der Waals surface area contributed by atoms with E-state index in [0.29, 0.717) is 28.0 Å². The van der Waals surface area contributed by atoms with Gasteiger partial charge in [0.1, 0.15) is 6.04 Å². The molecule has 0 saturated heterocycles. The minimum Gasteiger partial charge on any atom is -0.480 e. The van der Waals surface area contributed by atoms with Crippen LogP contribution in [0.15, 0.2) is 23.6 Å². The summed E-state index contributed by atoms with van der Waals surface area (Å²) in [6, 6.07) is 4.53. The van der Waals surface area contributed by atoms with Crippen molar-refractivity contribution in [2.24, 2.45) is 7.05 Å². The van der Waals surface area contributed by atoms with Gasteiger partial charge >= 0.3 is 5.97 Å². The van der Waals surface area contributed by atoms with Gasteiger partial charge in [0.25, 0.3) is 5.91 Å². The molecule has 0 aliphatic carbocycles. The van der Waals surface area contributed by atoms with E-state index >= 15 is 0 Å². The van der Waals surface area contributed by atoms with Crippen LogP contribution in [0.1, 0.15) is 23.0 Å². The van der Waals surface area contributed by atoms with Gasteiger partial charge in [-0.2, -0.15) is 5.10 Å². The summed E-state index contributed by atoms with van der Waals surface area (Å²) in [5.41, 5.74) is 2.30. The zero-order chi connectivity index (χ0) is 17.4. The van der Waals surface area contributed by atoms with Gasteiger partial charge in [0.2, 0.25) is 0 Å². The van der Waals surface area contributed by atoms with E-state index in [9.17, 15) is 9.59 Å². The van der Waals surface area contributed by atoms with E-state index in [-0.39, 0.29) is 0 Å². The molecule has 3 rings (SSSR count). The van der Waals surface area contributed by atoms with Crippen LogP contribution < -0.4 is 5.32 Å².